The molecule has 0 atom stereocenters. The number of alkyl halides is 1. The average molecular weight is 209 g/mol. The Morgan fingerprint density at radius 2 is 2.21 bits per heavy atom. The second-order valence-electron chi connectivity index (χ2n) is 3.14. The smallest absolute Gasteiger partial charge is 0.0911 e. The summed E-state index contributed by atoms with van der Waals surface area (Å²) in [5.41, 5.74) is 1.07. The zero-order valence-corrected chi connectivity index (χ0v) is 8.61. The third-order valence-electron chi connectivity index (χ3n) is 2.09. The van der Waals surface area contributed by atoms with Gasteiger partial charge in [0.05, 0.1) is 6.67 Å². The Morgan fingerprint density at radius 3 is 3.07 bits per heavy atom. The summed E-state index contributed by atoms with van der Waals surface area (Å²) in [5.74, 6) is 0. The standard InChI is InChI=1S/C11H12FNS/c12-5-1-6-13-10-2-3-11-9(8-10)4-7-14-11/h2-4,7-8,13H,1,5-6H2. The average Bonchev–Trinajstić information content (AvgIpc) is 2.65. The number of benzene rings is 1. The molecule has 14 heavy (non-hydrogen) atoms. The van der Waals surface area contributed by atoms with E-state index in [1.54, 1.807) is 11.3 Å². The van der Waals surface area contributed by atoms with Crippen LogP contribution in [-0.2, 0) is 0 Å². The molecule has 1 N–H and O–H groups in total. The quantitative estimate of drug-likeness (QED) is 0.757. The largest absolute Gasteiger partial charge is 0.385 e. The monoisotopic (exact) mass is 209 g/mol. The molecule has 2 aromatic rings. The summed E-state index contributed by atoms with van der Waals surface area (Å²) in [6.07, 6.45) is 0.571. The topological polar surface area (TPSA) is 12.0 Å². The first-order valence-corrected chi connectivity index (χ1v) is 5.55. The second-order valence-corrected chi connectivity index (χ2v) is 4.09. The summed E-state index contributed by atoms with van der Waals surface area (Å²) in [7, 11) is 0. The summed E-state index contributed by atoms with van der Waals surface area (Å²) >= 11 is 1.74. The fourth-order valence-electron chi connectivity index (χ4n) is 1.38. The van der Waals surface area contributed by atoms with Crippen LogP contribution in [0.4, 0.5) is 10.1 Å². The Morgan fingerprint density at radius 1 is 1.29 bits per heavy atom. The third-order valence-corrected chi connectivity index (χ3v) is 2.99. The SMILES string of the molecule is FCCCNc1ccc2sccc2c1. The van der Waals surface area contributed by atoms with Crippen LogP contribution in [0.1, 0.15) is 6.42 Å². The van der Waals surface area contributed by atoms with Crippen molar-refractivity contribution in [3.63, 3.8) is 0 Å². The van der Waals surface area contributed by atoms with Gasteiger partial charge in [-0.25, -0.2) is 0 Å². The molecule has 0 unspecified atom stereocenters. The molecule has 0 aliphatic rings. The van der Waals surface area contributed by atoms with Crippen LogP contribution < -0.4 is 5.32 Å². The van der Waals surface area contributed by atoms with Crippen molar-refractivity contribution in [3.05, 3.63) is 29.6 Å². The van der Waals surface area contributed by atoms with E-state index in [0.29, 0.717) is 13.0 Å². The van der Waals surface area contributed by atoms with Gasteiger partial charge >= 0.3 is 0 Å². The molecule has 1 aromatic heterocycles. The first-order valence-electron chi connectivity index (χ1n) is 4.67. The van der Waals surface area contributed by atoms with E-state index in [1.807, 2.05) is 6.07 Å². The van der Waals surface area contributed by atoms with Crippen LogP contribution >= 0.6 is 11.3 Å². The van der Waals surface area contributed by atoms with E-state index >= 15 is 0 Å². The Labute approximate surface area is 86.6 Å². The van der Waals surface area contributed by atoms with Crippen molar-refractivity contribution in [3.8, 4) is 0 Å². The lowest BCUT2D eigenvalue weighted by atomic mass is 10.2. The van der Waals surface area contributed by atoms with Gasteiger partial charge in [0.1, 0.15) is 0 Å². The minimum atomic E-state index is -0.256. The Kier molecular flexibility index (Phi) is 2.99. The first kappa shape index (κ1) is 9.46. The van der Waals surface area contributed by atoms with Crippen molar-refractivity contribution in [2.75, 3.05) is 18.5 Å². The number of hydrogen-bond acceptors (Lipinski definition) is 2. The number of thiophene rings is 1. The van der Waals surface area contributed by atoms with E-state index in [-0.39, 0.29) is 6.67 Å². The van der Waals surface area contributed by atoms with Gasteiger partial charge in [-0.2, -0.15) is 0 Å². The number of anilines is 1. The van der Waals surface area contributed by atoms with E-state index in [2.05, 4.69) is 28.9 Å². The number of fused-ring (bicyclic) bond motifs is 1. The minimum absolute atomic E-state index is 0.256. The van der Waals surface area contributed by atoms with Gasteiger partial charge in [0.2, 0.25) is 0 Å². The number of halogens is 1. The molecule has 2 rings (SSSR count). The fraction of sp³-hybridized carbons (Fsp3) is 0.273. The van der Waals surface area contributed by atoms with Crippen LogP contribution in [0.3, 0.4) is 0 Å². The molecule has 0 amide bonds. The highest BCUT2D eigenvalue weighted by Gasteiger charge is 1.96. The highest BCUT2D eigenvalue weighted by atomic mass is 32.1. The molecule has 1 nitrogen and oxygen atoms in total. The summed E-state index contributed by atoms with van der Waals surface area (Å²) < 4.78 is 13.2. The Bertz CT molecular complexity index is 410. The molecular formula is C11H12FNS. The fourth-order valence-corrected chi connectivity index (χ4v) is 2.15. The first-order chi connectivity index (χ1) is 6.90. The van der Waals surface area contributed by atoms with Crippen LogP contribution in [0.5, 0.6) is 0 Å². The maximum Gasteiger partial charge on any atom is 0.0911 e. The zero-order chi connectivity index (χ0) is 9.80. The van der Waals surface area contributed by atoms with Crippen molar-refractivity contribution in [2.45, 2.75) is 6.42 Å². The molecule has 0 spiro atoms. The van der Waals surface area contributed by atoms with Gasteiger partial charge in [0, 0.05) is 16.9 Å². The van der Waals surface area contributed by atoms with E-state index in [4.69, 9.17) is 0 Å². The molecule has 0 aliphatic carbocycles. The van der Waals surface area contributed by atoms with Gasteiger partial charge in [-0.05, 0) is 41.5 Å². The molecule has 3 heteroatoms. The molecule has 0 bridgehead atoms. The van der Waals surface area contributed by atoms with Crippen molar-refractivity contribution in [1.29, 1.82) is 0 Å². The predicted molar refractivity (Wildman–Crippen MR) is 60.9 cm³/mol. The van der Waals surface area contributed by atoms with Crippen molar-refractivity contribution in [1.82, 2.24) is 0 Å². The summed E-state index contributed by atoms with van der Waals surface area (Å²) in [6.45, 7) is 0.444. The molecule has 1 heterocycles. The lowest BCUT2D eigenvalue weighted by Crippen LogP contribution is -2.01. The molecular weight excluding hydrogens is 197 g/mol. The number of nitrogens with one attached hydrogen (secondary N) is 1. The molecule has 0 aliphatic heterocycles. The molecule has 74 valence electrons. The van der Waals surface area contributed by atoms with E-state index < -0.39 is 0 Å². The van der Waals surface area contributed by atoms with Gasteiger partial charge in [0.25, 0.3) is 0 Å². The van der Waals surface area contributed by atoms with Gasteiger partial charge in [-0.1, -0.05) is 0 Å². The minimum Gasteiger partial charge on any atom is -0.385 e. The van der Waals surface area contributed by atoms with Gasteiger partial charge in [-0.3, -0.25) is 4.39 Å². The van der Waals surface area contributed by atoms with E-state index in [1.165, 1.54) is 10.1 Å². The highest BCUT2D eigenvalue weighted by Crippen LogP contribution is 2.23. The van der Waals surface area contributed by atoms with Crippen LogP contribution in [-0.4, -0.2) is 13.2 Å². The maximum absolute atomic E-state index is 11.9. The van der Waals surface area contributed by atoms with Crippen LogP contribution in [0.25, 0.3) is 10.1 Å². The predicted octanol–water partition coefficient (Wildman–Crippen LogP) is 3.67. The van der Waals surface area contributed by atoms with Crippen molar-refractivity contribution >= 4 is 27.1 Å². The third kappa shape index (κ3) is 2.04. The number of rotatable bonds is 4. The molecule has 1 aromatic carbocycles. The normalized spacial score (nSPS) is 10.6. The van der Waals surface area contributed by atoms with Crippen LogP contribution in [0, 0.1) is 0 Å². The summed E-state index contributed by atoms with van der Waals surface area (Å²) in [5, 5.41) is 6.52. The summed E-state index contributed by atoms with van der Waals surface area (Å²) in [6, 6.07) is 8.33. The lowest BCUT2D eigenvalue weighted by molar-refractivity contribution is 0.481. The summed E-state index contributed by atoms with van der Waals surface area (Å²) in [4.78, 5) is 0. The lowest BCUT2D eigenvalue weighted by Gasteiger charge is -2.04. The molecule has 0 saturated carbocycles. The maximum atomic E-state index is 11.9. The van der Waals surface area contributed by atoms with Gasteiger partial charge in [0.15, 0.2) is 0 Å². The number of hydrogen-bond donors (Lipinski definition) is 1. The van der Waals surface area contributed by atoms with Crippen LogP contribution in [0.2, 0.25) is 0 Å². The zero-order valence-electron chi connectivity index (χ0n) is 7.79. The van der Waals surface area contributed by atoms with Crippen LogP contribution in [0.15, 0.2) is 29.6 Å². The van der Waals surface area contributed by atoms with E-state index in [9.17, 15) is 4.39 Å². The van der Waals surface area contributed by atoms with Gasteiger partial charge < -0.3 is 5.32 Å². The van der Waals surface area contributed by atoms with Gasteiger partial charge in [-0.15, -0.1) is 11.3 Å². The van der Waals surface area contributed by atoms with E-state index in [0.717, 1.165) is 5.69 Å². The molecule has 0 saturated heterocycles. The van der Waals surface area contributed by atoms with Crippen molar-refractivity contribution < 1.29 is 4.39 Å². The second kappa shape index (κ2) is 4.42. The Hall–Kier alpha value is -1.09. The van der Waals surface area contributed by atoms with Crippen molar-refractivity contribution in [2.24, 2.45) is 0 Å². The highest BCUT2D eigenvalue weighted by molar-refractivity contribution is 7.17. The molecule has 0 fully saturated rings. The molecule has 0 radical (unpaired) electrons. The Balaban J connectivity index is 2.10.